The number of aliphatic hydroxyl groups excluding tert-OH is 2. The quantitative estimate of drug-likeness (QED) is 0.226. The fraction of sp³-hybridized carbons (Fsp3) is 0.500. The Morgan fingerprint density at radius 3 is 2.48 bits per heavy atom. The Hall–Kier alpha value is 0.490. The predicted molar refractivity (Wildman–Crippen MR) is 80.1 cm³/mol. The predicted octanol–water partition coefficient (Wildman–Crippen LogP) is -9.00. The van der Waals surface area contributed by atoms with Crippen LogP contribution in [0.25, 0.3) is 11.2 Å². The van der Waals surface area contributed by atoms with Crippen LogP contribution < -0.4 is 74.6 Å². The van der Waals surface area contributed by atoms with E-state index in [1.54, 1.807) is 0 Å². The Morgan fingerprint density at radius 1 is 1.21 bits per heavy atom. The Kier molecular flexibility index (Phi) is 9.87. The molecule has 29 heavy (non-hydrogen) atoms. The average molecular weight is 471 g/mol. The van der Waals surface area contributed by atoms with Gasteiger partial charge in [-0.15, -0.1) is 0 Å². The summed E-state index contributed by atoms with van der Waals surface area (Å²) in [5, 5.41) is 20.2. The molecule has 15 nitrogen and oxygen atoms in total. The molecule has 0 amide bonds. The normalized spacial score (nSPS) is 28.2. The van der Waals surface area contributed by atoms with E-state index in [0.29, 0.717) is 0 Å². The zero-order chi connectivity index (χ0) is 20.0. The number of nitrogens with two attached hydrogens (primary N) is 1. The van der Waals surface area contributed by atoms with Crippen LogP contribution in [0.5, 0.6) is 0 Å². The van der Waals surface area contributed by atoms with E-state index in [1.807, 2.05) is 0 Å². The third-order valence-electron chi connectivity index (χ3n) is 3.60. The first-order valence-electron chi connectivity index (χ1n) is 7.14. The zero-order valence-electron chi connectivity index (χ0n) is 15.1. The van der Waals surface area contributed by atoms with Crippen molar-refractivity contribution in [3.8, 4) is 0 Å². The molecule has 2 aromatic rings. The summed E-state index contributed by atoms with van der Waals surface area (Å²) in [5.74, 6) is 0.0714. The van der Waals surface area contributed by atoms with Gasteiger partial charge in [-0.1, -0.05) is 0 Å². The fourth-order valence-corrected chi connectivity index (χ4v) is 4.00. The second-order valence-electron chi connectivity index (χ2n) is 5.42. The Labute approximate surface area is 207 Å². The minimum absolute atomic E-state index is 0. The van der Waals surface area contributed by atoms with Gasteiger partial charge >= 0.3 is 59.1 Å². The topological polar surface area (TPSA) is 238 Å². The average Bonchev–Trinajstić information content (AvgIpc) is 3.07. The summed E-state index contributed by atoms with van der Waals surface area (Å²) in [5.41, 5.74) is 6.06. The molecule has 0 bridgehead atoms. The van der Waals surface area contributed by atoms with Crippen molar-refractivity contribution in [2.24, 2.45) is 0 Å². The molecule has 2 aromatic heterocycles. The van der Waals surface area contributed by atoms with Crippen LogP contribution in [0.1, 0.15) is 6.23 Å². The summed E-state index contributed by atoms with van der Waals surface area (Å²) < 4.78 is 36.1. The first-order chi connectivity index (χ1) is 12.5. The van der Waals surface area contributed by atoms with Gasteiger partial charge in [0.2, 0.25) is 0 Å². The molecular formula is C10H13N5Na2O10P2. The largest absolute Gasteiger partial charge is 1.00 e. The third kappa shape index (κ3) is 6.49. The molecule has 150 valence electrons. The molecular weight excluding hydrogens is 458 g/mol. The summed E-state index contributed by atoms with van der Waals surface area (Å²) in [4.78, 5) is 41.9. The number of anilines is 1. The van der Waals surface area contributed by atoms with Crippen LogP contribution in [0.3, 0.4) is 0 Å². The van der Waals surface area contributed by atoms with E-state index in [0.717, 1.165) is 6.33 Å². The number of hydrogen-bond donors (Lipinski definition) is 4. The molecule has 1 aliphatic rings. The number of phosphoric acid groups is 2. The van der Waals surface area contributed by atoms with Gasteiger partial charge in [-0.3, -0.25) is 13.7 Å². The fourth-order valence-electron chi connectivity index (χ4n) is 2.47. The summed E-state index contributed by atoms with van der Waals surface area (Å²) in [6.07, 6.45) is -3.40. The maximum atomic E-state index is 11.3. The summed E-state index contributed by atoms with van der Waals surface area (Å²) in [6.45, 7) is -0.904. The Morgan fingerprint density at radius 2 is 1.86 bits per heavy atom. The van der Waals surface area contributed by atoms with Gasteiger partial charge in [-0.2, -0.15) is 0 Å². The van der Waals surface area contributed by atoms with E-state index < -0.39 is 46.8 Å². The van der Waals surface area contributed by atoms with Crippen LogP contribution in [0, 0.1) is 0 Å². The monoisotopic (exact) mass is 471 g/mol. The number of fused-ring (bicyclic) bond motifs is 1. The molecule has 0 aromatic carbocycles. The van der Waals surface area contributed by atoms with E-state index in [1.165, 1.54) is 10.9 Å². The number of imidazole rings is 1. The smallest absolute Gasteiger partial charge is 0.756 e. The van der Waals surface area contributed by atoms with E-state index >= 15 is 0 Å². The number of rotatable bonds is 6. The van der Waals surface area contributed by atoms with Crippen LogP contribution >= 0.6 is 15.6 Å². The van der Waals surface area contributed by atoms with Crippen molar-refractivity contribution in [3.05, 3.63) is 12.7 Å². The molecule has 0 spiro atoms. The van der Waals surface area contributed by atoms with Gasteiger partial charge in [-0.25, -0.2) is 19.3 Å². The van der Waals surface area contributed by atoms with Crippen LogP contribution in [-0.4, -0.2) is 59.5 Å². The summed E-state index contributed by atoms with van der Waals surface area (Å²) in [7, 11) is -11.0. The SMILES string of the molecule is Nc1ncnc2c1ncn2[C@@H]1O[C@H](COP(=O)([O-])OP(=O)([O-])O)C(O)C1O.[Na+].[Na+]. The van der Waals surface area contributed by atoms with Crippen LogP contribution in [0.2, 0.25) is 0 Å². The molecule has 19 heteroatoms. The molecule has 0 saturated carbocycles. The summed E-state index contributed by atoms with van der Waals surface area (Å²) in [6, 6.07) is 0. The van der Waals surface area contributed by atoms with E-state index in [9.17, 15) is 29.1 Å². The first-order valence-corrected chi connectivity index (χ1v) is 10.1. The molecule has 3 heterocycles. The number of ether oxygens (including phenoxy) is 1. The van der Waals surface area contributed by atoms with Gasteiger partial charge in [-0.05, 0) is 0 Å². The number of nitrogen functional groups attached to an aromatic ring is 1. The van der Waals surface area contributed by atoms with Crippen LogP contribution in [0.4, 0.5) is 5.82 Å². The zero-order valence-corrected chi connectivity index (χ0v) is 20.9. The molecule has 3 rings (SSSR count). The molecule has 0 aliphatic carbocycles. The van der Waals surface area contributed by atoms with Crippen molar-refractivity contribution in [1.82, 2.24) is 19.5 Å². The second-order valence-corrected chi connectivity index (χ2v) is 8.17. The molecule has 4 unspecified atom stereocenters. The van der Waals surface area contributed by atoms with Gasteiger partial charge in [0, 0.05) is 0 Å². The van der Waals surface area contributed by atoms with Crippen molar-refractivity contribution in [2.75, 3.05) is 12.3 Å². The van der Waals surface area contributed by atoms with E-state index in [4.69, 9.17) is 15.4 Å². The molecule has 1 fully saturated rings. The van der Waals surface area contributed by atoms with Gasteiger partial charge in [0.25, 0.3) is 15.6 Å². The minimum atomic E-state index is -5.60. The number of nitrogens with zero attached hydrogens (tertiary/aromatic N) is 4. The van der Waals surface area contributed by atoms with Crippen molar-refractivity contribution in [3.63, 3.8) is 0 Å². The van der Waals surface area contributed by atoms with Gasteiger partial charge in [0.1, 0.15) is 30.2 Å². The van der Waals surface area contributed by atoms with E-state index in [-0.39, 0.29) is 76.1 Å². The van der Waals surface area contributed by atoms with Crippen LogP contribution in [0.15, 0.2) is 12.7 Å². The van der Waals surface area contributed by atoms with Gasteiger partial charge < -0.3 is 39.9 Å². The third-order valence-corrected chi connectivity index (χ3v) is 5.69. The molecule has 1 saturated heterocycles. The van der Waals surface area contributed by atoms with Gasteiger partial charge in [0.05, 0.1) is 12.9 Å². The standard InChI is InChI=1S/C10H15N5O10P2.2Na/c11-8-5-9(13-2-12-8)15(3-14-5)10-7(17)6(16)4(24-10)1-23-27(21,22)25-26(18,19)20;;/h2-4,6-7,10,16-17H,1H2,(H,21,22)(H2,11,12,13)(H2,18,19,20);;/q;2*+1/p-2/t4-,6?,7?,10-;;/m1../s1. The van der Waals surface area contributed by atoms with Crippen molar-refractivity contribution in [2.45, 2.75) is 24.5 Å². The van der Waals surface area contributed by atoms with Crippen LogP contribution in [-0.2, 0) is 22.7 Å². The summed E-state index contributed by atoms with van der Waals surface area (Å²) >= 11 is 0. The maximum absolute atomic E-state index is 11.3. The van der Waals surface area contributed by atoms with Crippen molar-refractivity contribution >= 4 is 32.6 Å². The second kappa shape index (κ2) is 10.4. The number of hydrogen-bond acceptors (Lipinski definition) is 13. The first kappa shape index (κ1) is 27.5. The Bertz CT molecular complexity index is 943. The maximum Gasteiger partial charge on any atom is 1.00 e. The van der Waals surface area contributed by atoms with Crippen molar-refractivity contribution < 1.29 is 107 Å². The van der Waals surface area contributed by atoms with Crippen molar-refractivity contribution in [1.29, 1.82) is 0 Å². The molecule has 6 atom stereocenters. The van der Waals surface area contributed by atoms with Gasteiger partial charge in [0.15, 0.2) is 17.7 Å². The molecule has 5 N–H and O–H groups in total. The number of aromatic nitrogens is 4. The Balaban J connectivity index is 0.00000210. The van der Waals surface area contributed by atoms with E-state index in [2.05, 4.69) is 23.8 Å². The minimum Gasteiger partial charge on any atom is -0.756 e. The number of aliphatic hydroxyl groups is 2. The molecule has 1 aliphatic heterocycles. The molecule has 0 radical (unpaired) electrons. The number of phosphoric ester groups is 1.